The van der Waals surface area contributed by atoms with Gasteiger partial charge in [-0.3, -0.25) is 0 Å². The zero-order valence-corrected chi connectivity index (χ0v) is 14.5. The maximum Gasteiger partial charge on any atom is 0.321 e. The van der Waals surface area contributed by atoms with E-state index in [1.165, 1.54) is 7.11 Å². The molecule has 0 spiro atoms. The molecule has 25 heavy (non-hydrogen) atoms. The van der Waals surface area contributed by atoms with Gasteiger partial charge in [0.25, 0.3) is 0 Å². The fourth-order valence-corrected chi connectivity index (χ4v) is 2.67. The van der Waals surface area contributed by atoms with Crippen LogP contribution in [-0.2, 0) is 6.54 Å². The van der Waals surface area contributed by atoms with Crippen molar-refractivity contribution < 1.29 is 9.53 Å². The van der Waals surface area contributed by atoms with Crippen LogP contribution in [0.4, 0.5) is 16.4 Å². The van der Waals surface area contributed by atoms with Crippen LogP contribution in [0.5, 0.6) is 6.01 Å². The zero-order valence-electron chi connectivity index (χ0n) is 14.5. The molecule has 2 N–H and O–H groups in total. The molecule has 132 valence electrons. The number of anilines is 2. The topological polar surface area (TPSA) is 92.3 Å². The molecule has 1 aromatic carbocycles. The average Bonchev–Trinajstić information content (AvgIpc) is 3.14. The van der Waals surface area contributed by atoms with Crippen molar-refractivity contribution in [3.63, 3.8) is 0 Å². The molecule has 2 aromatic rings. The minimum Gasteiger partial charge on any atom is -0.467 e. The predicted octanol–water partition coefficient (Wildman–Crippen LogP) is 2.11. The summed E-state index contributed by atoms with van der Waals surface area (Å²) in [6.07, 6.45) is 2.25. The van der Waals surface area contributed by atoms with E-state index < -0.39 is 0 Å². The fraction of sp³-hybridized carbons (Fsp3) is 0.412. The molecule has 8 nitrogen and oxygen atoms in total. The van der Waals surface area contributed by atoms with Crippen molar-refractivity contribution in [1.29, 1.82) is 0 Å². The Morgan fingerprint density at radius 2 is 2.04 bits per heavy atom. The van der Waals surface area contributed by atoms with Crippen LogP contribution >= 0.6 is 0 Å². The minimum atomic E-state index is -0.312. The standard InChI is InChI=1S/C17H22N6O2/c1-12-6-5-7-13(10-12)19-16(24)18-11-14-20-15(22-17(21-14)25-2)23-8-3-4-9-23/h5-7,10H,3-4,8-9,11H2,1-2H3,(H2,18,19,24). The molecule has 2 heterocycles. The zero-order chi connectivity index (χ0) is 17.6. The van der Waals surface area contributed by atoms with Crippen LogP contribution in [0.25, 0.3) is 0 Å². The molecule has 0 radical (unpaired) electrons. The third-order valence-electron chi connectivity index (χ3n) is 3.90. The van der Waals surface area contributed by atoms with Gasteiger partial charge in [-0.15, -0.1) is 0 Å². The Balaban J connectivity index is 1.63. The molecule has 1 fully saturated rings. The van der Waals surface area contributed by atoms with Crippen LogP contribution in [0.3, 0.4) is 0 Å². The Morgan fingerprint density at radius 3 is 2.76 bits per heavy atom. The van der Waals surface area contributed by atoms with Crippen LogP contribution < -0.4 is 20.3 Å². The van der Waals surface area contributed by atoms with Gasteiger partial charge in [0.15, 0.2) is 5.82 Å². The first-order chi connectivity index (χ1) is 12.1. The second kappa shape index (κ2) is 7.78. The highest BCUT2D eigenvalue weighted by Crippen LogP contribution is 2.17. The van der Waals surface area contributed by atoms with E-state index in [0.717, 1.165) is 37.2 Å². The van der Waals surface area contributed by atoms with E-state index in [1.54, 1.807) is 0 Å². The van der Waals surface area contributed by atoms with Gasteiger partial charge < -0.3 is 20.3 Å². The van der Waals surface area contributed by atoms with Crippen molar-refractivity contribution in [3.05, 3.63) is 35.7 Å². The third-order valence-corrected chi connectivity index (χ3v) is 3.90. The van der Waals surface area contributed by atoms with Crippen molar-refractivity contribution in [2.75, 3.05) is 30.4 Å². The molecule has 0 atom stereocenters. The number of carbonyl (C=O) groups excluding carboxylic acids is 1. The van der Waals surface area contributed by atoms with Gasteiger partial charge in [-0.1, -0.05) is 12.1 Å². The lowest BCUT2D eigenvalue weighted by Gasteiger charge is -2.16. The Hall–Kier alpha value is -2.90. The van der Waals surface area contributed by atoms with Crippen molar-refractivity contribution in [2.24, 2.45) is 0 Å². The predicted molar refractivity (Wildman–Crippen MR) is 94.9 cm³/mol. The minimum absolute atomic E-state index is 0.192. The normalized spacial score (nSPS) is 13.6. The highest BCUT2D eigenvalue weighted by Gasteiger charge is 2.17. The van der Waals surface area contributed by atoms with E-state index in [9.17, 15) is 4.79 Å². The van der Waals surface area contributed by atoms with Crippen LogP contribution in [0.1, 0.15) is 24.2 Å². The summed E-state index contributed by atoms with van der Waals surface area (Å²) in [5.41, 5.74) is 1.82. The molecule has 3 rings (SSSR count). The van der Waals surface area contributed by atoms with Crippen LogP contribution in [0, 0.1) is 6.92 Å². The van der Waals surface area contributed by atoms with Crippen molar-refractivity contribution in [1.82, 2.24) is 20.3 Å². The maximum atomic E-state index is 12.1. The molecule has 1 aliphatic heterocycles. The van der Waals surface area contributed by atoms with E-state index >= 15 is 0 Å². The van der Waals surface area contributed by atoms with Gasteiger partial charge in [-0.2, -0.15) is 15.0 Å². The Morgan fingerprint density at radius 1 is 1.24 bits per heavy atom. The lowest BCUT2D eigenvalue weighted by Crippen LogP contribution is -2.29. The first kappa shape index (κ1) is 16.9. The third kappa shape index (κ3) is 4.56. The number of nitrogens with zero attached hydrogens (tertiary/aromatic N) is 4. The van der Waals surface area contributed by atoms with Gasteiger partial charge in [0.1, 0.15) is 0 Å². The van der Waals surface area contributed by atoms with Crippen molar-refractivity contribution in [3.8, 4) is 6.01 Å². The van der Waals surface area contributed by atoms with Gasteiger partial charge in [0.05, 0.1) is 13.7 Å². The van der Waals surface area contributed by atoms with Gasteiger partial charge in [-0.25, -0.2) is 4.79 Å². The molecule has 1 saturated heterocycles. The highest BCUT2D eigenvalue weighted by atomic mass is 16.5. The number of aromatic nitrogens is 3. The van der Waals surface area contributed by atoms with E-state index in [-0.39, 0.29) is 18.6 Å². The Kier molecular flexibility index (Phi) is 5.27. The average molecular weight is 342 g/mol. The van der Waals surface area contributed by atoms with Gasteiger partial charge in [0, 0.05) is 18.8 Å². The summed E-state index contributed by atoms with van der Waals surface area (Å²) in [5.74, 6) is 1.06. The molecule has 8 heteroatoms. The number of methoxy groups -OCH3 is 1. The van der Waals surface area contributed by atoms with Crippen molar-refractivity contribution >= 4 is 17.7 Å². The second-order valence-electron chi connectivity index (χ2n) is 5.91. The molecule has 0 saturated carbocycles. The second-order valence-corrected chi connectivity index (χ2v) is 5.91. The molecule has 0 bridgehead atoms. The quantitative estimate of drug-likeness (QED) is 0.864. The number of ether oxygens (including phenoxy) is 1. The number of benzene rings is 1. The first-order valence-electron chi connectivity index (χ1n) is 8.29. The summed E-state index contributed by atoms with van der Waals surface area (Å²) in [5, 5.41) is 5.55. The SMILES string of the molecule is COc1nc(CNC(=O)Nc2cccc(C)c2)nc(N2CCCC2)n1. The number of urea groups is 1. The Bertz CT molecular complexity index is 746. The van der Waals surface area contributed by atoms with Crippen molar-refractivity contribution in [2.45, 2.75) is 26.3 Å². The summed E-state index contributed by atoms with van der Waals surface area (Å²) in [7, 11) is 1.52. The fourth-order valence-electron chi connectivity index (χ4n) is 2.67. The molecule has 1 aromatic heterocycles. The summed E-state index contributed by atoms with van der Waals surface area (Å²) in [6, 6.07) is 7.55. The number of amides is 2. The number of nitrogens with one attached hydrogen (secondary N) is 2. The largest absolute Gasteiger partial charge is 0.467 e. The molecular weight excluding hydrogens is 320 g/mol. The van der Waals surface area contributed by atoms with Crippen LogP contribution in [0.2, 0.25) is 0 Å². The van der Waals surface area contributed by atoms with Gasteiger partial charge >= 0.3 is 12.0 Å². The Labute approximate surface area is 146 Å². The number of hydrogen-bond donors (Lipinski definition) is 2. The number of aryl methyl sites for hydroxylation is 1. The molecular formula is C17H22N6O2. The number of hydrogen-bond acceptors (Lipinski definition) is 6. The molecule has 1 aliphatic rings. The molecule has 0 aliphatic carbocycles. The summed E-state index contributed by atoms with van der Waals surface area (Å²) in [4.78, 5) is 27.1. The summed E-state index contributed by atoms with van der Waals surface area (Å²) in [6.45, 7) is 4.01. The van der Waals surface area contributed by atoms with E-state index in [1.807, 2.05) is 31.2 Å². The molecule has 0 unspecified atom stereocenters. The van der Waals surface area contributed by atoms with Gasteiger partial charge in [0.2, 0.25) is 5.95 Å². The lowest BCUT2D eigenvalue weighted by molar-refractivity contribution is 0.251. The van der Waals surface area contributed by atoms with E-state index in [4.69, 9.17) is 4.74 Å². The van der Waals surface area contributed by atoms with Crippen LogP contribution in [0.15, 0.2) is 24.3 Å². The monoisotopic (exact) mass is 342 g/mol. The van der Waals surface area contributed by atoms with E-state index in [0.29, 0.717) is 11.8 Å². The molecule has 2 amide bonds. The summed E-state index contributed by atoms with van der Waals surface area (Å²) >= 11 is 0. The number of rotatable bonds is 5. The highest BCUT2D eigenvalue weighted by molar-refractivity contribution is 5.89. The summed E-state index contributed by atoms with van der Waals surface area (Å²) < 4.78 is 5.15. The van der Waals surface area contributed by atoms with Gasteiger partial charge in [-0.05, 0) is 37.5 Å². The first-order valence-corrected chi connectivity index (χ1v) is 8.29. The number of carbonyl (C=O) groups is 1. The lowest BCUT2D eigenvalue weighted by atomic mass is 10.2. The maximum absolute atomic E-state index is 12.1. The smallest absolute Gasteiger partial charge is 0.321 e. The van der Waals surface area contributed by atoms with Crippen LogP contribution in [-0.4, -0.2) is 41.2 Å². The van der Waals surface area contributed by atoms with E-state index in [2.05, 4.69) is 30.5 Å².